The number of nitrogens with one attached hydrogen (secondary N) is 1. The van der Waals surface area contributed by atoms with E-state index in [9.17, 15) is 9.18 Å². The first-order valence-electron chi connectivity index (χ1n) is 7.51. The van der Waals surface area contributed by atoms with Crippen molar-refractivity contribution in [1.29, 1.82) is 0 Å². The van der Waals surface area contributed by atoms with Gasteiger partial charge in [-0.15, -0.1) is 0 Å². The Kier molecular flexibility index (Phi) is 5.04. The molecule has 0 bridgehead atoms. The summed E-state index contributed by atoms with van der Waals surface area (Å²) in [6.45, 7) is 7.26. The van der Waals surface area contributed by atoms with Crippen LogP contribution in [0.2, 0.25) is 0 Å². The summed E-state index contributed by atoms with van der Waals surface area (Å²) in [5.41, 5.74) is 0.508. The topological polar surface area (TPSA) is 41.6 Å². The molecule has 1 N–H and O–H groups in total. The molecule has 116 valence electrons. The van der Waals surface area contributed by atoms with Gasteiger partial charge in [-0.1, -0.05) is 6.92 Å². The highest BCUT2D eigenvalue weighted by molar-refractivity contribution is 5.91. The summed E-state index contributed by atoms with van der Waals surface area (Å²) in [5.74, 6) is 0.634. The molecular formula is C16H23FN2O2. The molecule has 0 saturated carbocycles. The number of anilines is 1. The van der Waals surface area contributed by atoms with Gasteiger partial charge in [-0.05, 0) is 44.7 Å². The van der Waals surface area contributed by atoms with Crippen molar-refractivity contribution in [2.45, 2.75) is 39.7 Å². The van der Waals surface area contributed by atoms with Crippen LogP contribution in [0.1, 0.15) is 33.6 Å². The van der Waals surface area contributed by atoms with E-state index >= 15 is 0 Å². The fourth-order valence-electron chi connectivity index (χ4n) is 2.77. The van der Waals surface area contributed by atoms with Gasteiger partial charge in [0.05, 0.1) is 12.3 Å². The maximum Gasteiger partial charge on any atom is 0.322 e. The van der Waals surface area contributed by atoms with Gasteiger partial charge in [-0.25, -0.2) is 9.18 Å². The Bertz CT molecular complexity index is 507. The molecule has 1 fully saturated rings. The van der Waals surface area contributed by atoms with E-state index in [4.69, 9.17) is 4.74 Å². The van der Waals surface area contributed by atoms with E-state index in [1.807, 2.05) is 11.8 Å². The molecule has 1 aromatic rings. The van der Waals surface area contributed by atoms with Gasteiger partial charge in [0.2, 0.25) is 0 Å². The van der Waals surface area contributed by atoms with E-state index < -0.39 is 0 Å². The van der Waals surface area contributed by atoms with Crippen LogP contribution in [-0.4, -0.2) is 30.1 Å². The molecule has 2 amide bonds. The maximum absolute atomic E-state index is 13.3. The highest BCUT2D eigenvalue weighted by Gasteiger charge is 2.27. The zero-order chi connectivity index (χ0) is 15.4. The van der Waals surface area contributed by atoms with Gasteiger partial charge in [0.1, 0.15) is 11.6 Å². The third-order valence-electron chi connectivity index (χ3n) is 3.88. The molecule has 1 heterocycles. The van der Waals surface area contributed by atoms with Crippen molar-refractivity contribution in [1.82, 2.24) is 4.90 Å². The minimum atomic E-state index is -0.378. The third kappa shape index (κ3) is 3.86. The average Bonchev–Trinajstić information content (AvgIpc) is 2.42. The van der Waals surface area contributed by atoms with Crippen LogP contribution in [0.25, 0.3) is 0 Å². The van der Waals surface area contributed by atoms with Crippen LogP contribution in [0.3, 0.4) is 0 Å². The molecule has 1 aliphatic heterocycles. The lowest BCUT2D eigenvalue weighted by Gasteiger charge is -2.36. The molecule has 0 unspecified atom stereocenters. The molecular weight excluding hydrogens is 271 g/mol. The Balaban J connectivity index is 2.09. The third-order valence-corrected chi connectivity index (χ3v) is 3.88. The minimum absolute atomic E-state index is 0.151. The lowest BCUT2D eigenvalue weighted by Crippen LogP contribution is -2.46. The molecule has 4 nitrogen and oxygen atoms in total. The van der Waals surface area contributed by atoms with Crippen molar-refractivity contribution in [2.24, 2.45) is 5.92 Å². The number of halogens is 1. The second-order valence-corrected chi connectivity index (χ2v) is 5.68. The summed E-state index contributed by atoms with van der Waals surface area (Å²) >= 11 is 0. The van der Waals surface area contributed by atoms with Crippen LogP contribution in [0, 0.1) is 11.7 Å². The van der Waals surface area contributed by atoms with E-state index in [1.165, 1.54) is 18.2 Å². The van der Waals surface area contributed by atoms with Crippen molar-refractivity contribution in [3.8, 4) is 5.75 Å². The second-order valence-electron chi connectivity index (χ2n) is 5.68. The molecule has 0 radical (unpaired) electrons. The van der Waals surface area contributed by atoms with Gasteiger partial charge in [-0.2, -0.15) is 0 Å². The van der Waals surface area contributed by atoms with Gasteiger partial charge in [0.15, 0.2) is 0 Å². The van der Waals surface area contributed by atoms with Gasteiger partial charge >= 0.3 is 6.03 Å². The van der Waals surface area contributed by atoms with Crippen LogP contribution in [0.5, 0.6) is 5.75 Å². The molecule has 1 aromatic carbocycles. The molecule has 1 aliphatic rings. The number of likely N-dealkylation sites (tertiary alicyclic amines) is 1. The number of carbonyl (C=O) groups is 1. The number of hydrogen-bond acceptors (Lipinski definition) is 2. The lowest BCUT2D eigenvalue weighted by molar-refractivity contribution is 0.150. The van der Waals surface area contributed by atoms with Gasteiger partial charge in [-0.3, -0.25) is 0 Å². The highest BCUT2D eigenvalue weighted by atomic mass is 19.1. The van der Waals surface area contributed by atoms with Crippen LogP contribution in [-0.2, 0) is 0 Å². The van der Waals surface area contributed by atoms with Crippen LogP contribution in [0.4, 0.5) is 14.9 Å². The molecule has 21 heavy (non-hydrogen) atoms. The molecule has 0 spiro atoms. The summed E-state index contributed by atoms with van der Waals surface area (Å²) in [7, 11) is 0. The fourth-order valence-corrected chi connectivity index (χ4v) is 2.77. The molecule has 2 atom stereocenters. The molecule has 1 saturated heterocycles. The Hall–Kier alpha value is -1.78. The number of nitrogens with zero attached hydrogens (tertiary/aromatic N) is 1. The Morgan fingerprint density at radius 3 is 2.90 bits per heavy atom. The zero-order valence-electron chi connectivity index (χ0n) is 12.9. The maximum atomic E-state index is 13.3. The summed E-state index contributed by atoms with van der Waals surface area (Å²) in [6.07, 6.45) is 2.02. The molecule has 0 aromatic heterocycles. The number of hydrogen-bond donors (Lipinski definition) is 1. The normalized spacial score (nSPS) is 22.0. The standard InChI is InChI=1S/C16H23FN2O2/c1-4-21-15-10-13(17)5-6-14(15)18-16(20)19-8-7-11(2)9-12(19)3/h5-6,10-12H,4,7-9H2,1-3H3,(H,18,20)/t11-,12-/m0/s1. The highest BCUT2D eigenvalue weighted by Crippen LogP contribution is 2.27. The first-order valence-corrected chi connectivity index (χ1v) is 7.51. The predicted octanol–water partition coefficient (Wildman–Crippen LogP) is 3.88. The second kappa shape index (κ2) is 6.78. The number of rotatable bonds is 3. The first-order chi connectivity index (χ1) is 10.0. The monoisotopic (exact) mass is 294 g/mol. The van der Waals surface area contributed by atoms with E-state index in [0.29, 0.717) is 24.0 Å². The summed E-state index contributed by atoms with van der Waals surface area (Å²) in [5, 5.41) is 2.83. The quantitative estimate of drug-likeness (QED) is 0.919. The SMILES string of the molecule is CCOc1cc(F)ccc1NC(=O)N1CC[C@H](C)C[C@@H]1C. The van der Waals surface area contributed by atoms with Crippen molar-refractivity contribution in [3.05, 3.63) is 24.0 Å². The zero-order valence-corrected chi connectivity index (χ0v) is 12.9. The predicted molar refractivity (Wildman–Crippen MR) is 81.2 cm³/mol. The number of piperidine rings is 1. The van der Waals surface area contributed by atoms with E-state index in [0.717, 1.165) is 19.4 Å². The Morgan fingerprint density at radius 2 is 2.24 bits per heavy atom. The lowest BCUT2D eigenvalue weighted by atomic mass is 9.94. The number of amides is 2. The van der Waals surface area contributed by atoms with Gasteiger partial charge in [0, 0.05) is 18.7 Å². The van der Waals surface area contributed by atoms with Gasteiger partial charge in [0.25, 0.3) is 0 Å². The van der Waals surface area contributed by atoms with Crippen molar-refractivity contribution >= 4 is 11.7 Å². The number of carbonyl (C=O) groups excluding carboxylic acids is 1. The number of urea groups is 1. The number of ether oxygens (including phenoxy) is 1. The van der Waals surface area contributed by atoms with Crippen LogP contribution >= 0.6 is 0 Å². The van der Waals surface area contributed by atoms with Crippen LogP contribution < -0.4 is 10.1 Å². The van der Waals surface area contributed by atoms with Crippen molar-refractivity contribution < 1.29 is 13.9 Å². The summed E-state index contributed by atoms with van der Waals surface area (Å²) < 4.78 is 18.6. The van der Waals surface area contributed by atoms with E-state index in [1.54, 1.807) is 0 Å². The van der Waals surface area contributed by atoms with Crippen LogP contribution in [0.15, 0.2) is 18.2 Å². The minimum Gasteiger partial charge on any atom is -0.492 e. The van der Waals surface area contributed by atoms with E-state index in [-0.39, 0.29) is 17.9 Å². The number of benzene rings is 1. The molecule has 5 heteroatoms. The largest absolute Gasteiger partial charge is 0.492 e. The fraction of sp³-hybridized carbons (Fsp3) is 0.562. The van der Waals surface area contributed by atoms with E-state index in [2.05, 4.69) is 19.2 Å². The summed E-state index contributed by atoms with van der Waals surface area (Å²) in [6, 6.07) is 4.21. The molecule has 0 aliphatic carbocycles. The summed E-state index contributed by atoms with van der Waals surface area (Å²) in [4.78, 5) is 14.2. The average molecular weight is 294 g/mol. The Morgan fingerprint density at radius 1 is 1.48 bits per heavy atom. The van der Waals surface area contributed by atoms with Crippen molar-refractivity contribution in [3.63, 3.8) is 0 Å². The van der Waals surface area contributed by atoms with Crippen molar-refractivity contribution in [2.75, 3.05) is 18.5 Å². The first kappa shape index (κ1) is 15.6. The molecule has 2 rings (SSSR count). The Labute approximate surface area is 125 Å². The smallest absolute Gasteiger partial charge is 0.322 e. The van der Waals surface area contributed by atoms with Gasteiger partial charge < -0.3 is 15.0 Å².